The fourth-order valence-electron chi connectivity index (χ4n) is 1.46. The fourth-order valence-corrected chi connectivity index (χ4v) is 3.78. The molecule has 0 amide bonds. The summed E-state index contributed by atoms with van der Waals surface area (Å²) in [4.78, 5) is 0. The first-order valence-electron chi connectivity index (χ1n) is 5.35. The lowest BCUT2D eigenvalue weighted by atomic mass is 10.4. The molecule has 0 bridgehead atoms. The maximum Gasteiger partial charge on any atom is 0.518 e. The second-order valence-corrected chi connectivity index (χ2v) is 6.55. The lowest BCUT2D eigenvalue weighted by Crippen LogP contribution is -2.62. The smallest absolute Gasteiger partial charge is 0.376 e. The van der Waals surface area contributed by atoms with Gasteiger partial charge in [0.25, 0.3) is 0 Å². The van der Waals surface area contributed by atoms with Gasteiger partial charge in [-0.15, -0.1) is 0 Å². The highest BCUT2D eigenvalue weighted by Crippen LogP contribution is 2.14. The molecule has 0 heterocycles. The van der Waals surface area contributed by atoms with Crippen LogP contribution < -0.4 is 11.1 Å². The van der Waals surface area contributed by atoms with Gasteiger partial charge in [-0.2, -0.15) is 0 Å². The number of nitrogens with two attached hydrogens (primary N) is 1. The minimum atomic E-state index is -2.60. The molecule has 10 heteroatoms. The second-order valence-electron chi connectivity index (χ2n) is 3.42. The van der Waals surface area contributed by atoms with Crippen molar-refractivity contribution in [3.63, 3.8) is 0 Å². The molecular weight excluding hydrogens is 260 g/mol. The first-order chi connectivity index (χ1) is 8.29. The van der Waals surface area contributed by atoms with Crippen LogP contribution in [0.4, 0.5) is 0 Å². The van der Waals surface area contributed by atoms with Crippen molar-refractivity contribution >= 4 is 8.80 Å². The fraction of sp³-hybridized carbons (Fsp3) is 1.00. The Hall–Kier alpha value is -0.783. The minimum Gasteiger partial charge on any atom is -0.376 e. The van der Waals surface area contributed by atoms with Crippen LogP contribution in [0.2, 0.25) is 0 Å². The maximum absolute atomic E-state index is 7.11. The molecule has 0 aromatic heterocycles. The highest BCUT2D eigenvalue weighted by Gasteiger charge is 2.46. The molecular formula is C8H25N4O5Si+. The van der Waals surface area contributed by atoms with E-state index in [4.69, 9.17) is 35.0 Å². The highest BCUT2D eigenvalue weighted by atomic mass is 28.4. The Bertz CT molecular complexity index is 215. The van der Waals surface area contributed by atoms with Gasteiger partial charge in [-0.25, -0.2) is 10.4 Å². The molecule has 0 aromatic carbocycles. The van der Waals surface area contributed by atoms with Crippen LogP contribution in [0.3, 0.4) is 0 Å². The third-order valence-corrected chi connectivity index (χ3v) is 5.29. The van der Waals surface area contributed by atoms with E-state index in [1.807, 2.05) is 13.8 Å². The van der Waals surface area contributed by atoms with Crippen LogP contribution in [-0.4, -0.2) is 57.4 Å². The van der Waals surface area contributed by atoms with Crippen LogP contribution in [0, 0.1) is 5.53 Å². The van der Waals surface area contributed by atoms with Crippen molar-refractivity contribution in [2.45, 2.75) is 32.1 Å². The van der Waals surface area contributed by atoms with Crippen molar-refractivity contribution < 1.29 is 28.7 Å². The number of rotatable bonds is 7. The second kappa shape index (κ2) is 10.2. The summed E-state index contributed by atoms with van der Waals surface area (Å²) in [7, 11) is 2.21. The standard InChI is InChI=1S/C8H22N2O3Si.H3N2O2/c1-6-8(10-7(2)9)14(11-3,12-4)13-5;1-2(3)4/h7-8,10H,6,9H2,1-5H3;(H3,1,3,4)/q;+1. The summed E-state index contributed by atoms with van der Waals surface area (Å²) >= 11 is 0. The third kappa shape index (κ3) is 7.52. The molecule has 0 saturated carbocycles. The third-order valence-electron chi connectivity index (χ3n) is 2.15. The Balaban J connectivity index is 0. The van der Waals surface area contributed by atoms with Gasteiger partial charge in [-0.05, 0) is 13.3 Å². The van der Waals surface area contributed by atoms with E-state index in [0.29, 0.717) is 0 Å². The topological polar surface area (TPSA) is 133 Å². The first-order valence-corrected chi connectivity index (χ1v) is 7.15. The Morgan fingerprint density at radius 3 is 1.78 bits per heavy atom. The molecule has 18 heavy (non-hydrogen) atoms. The zero-order chi connectivity index (χ0) is 14.8. The molecule has 2 atom stereocenters. The molecule has 2 unspecified atom stereocenters. The summed E-state index contributed by atoms with van der Waals surface area (Å²) in [6.45, 7) is 3.92. The zero-order valence-corrected chi connectivity index (χ0v) is 12.5. The van der Waals surface area contributed by atoms with Crippen molar-refractivity contribution in [3.05, 3.63) is 0 Å². The van der Waals surface area contributed by atoms with Gasteiger partial charge in [0.1, 0.15) is 0 Å². The summed E-state index contributed by atoms with van der Waals surface area (Å²) < 4.78 is 16.1. The monoisotopic (exact) mass is 285 g/mol. The van der Waals surface area contributed by atoms with Gasteiger partial charge >= 0.3 is 13.8 Å². The zero-order valence-electron chi connectivity index (χ0n) is 11.5. The van der Waals surface area contributed by atoms with Crippen molar-refractivity contribution in [1.29, 1.82) is 5.53 Å². The van der Waals surface area contributed by atoms with E-state index in [0.717, 1.165) is 6.42 Å². The SMILES string of the molecule is CCC(NC(C)N)[Si](OC)(OC)OC.N=[N+](O)O. The van der Waals surface area contributed by atoms with Crippen LogP contribution in [0.15, 0.2) is 0 Å². The number of hydrogen-bond acceptors (Lipinski definition) is 6. The van der Waals surface area contributed by atoms with Gasteiger partial charge in [0.15, 0.2) is 0 Å². The van der Waals surface area contributed by atoms with E-state index in [2.05, 4.69) is 5.32 Å². The van der Waals surface area contributed by atoms with E-state index < -0.39 is 13.8 Å². The molecule has 9 nitrogen and oxygen atoms in total. The molecule has 0 fully saturated rings. The quantitative estimate of drug-likeness (QED) is 0.191. The van der Waals surface area contributed by atoms with Crippen molar-refractivity contribution in [1.82, 2.24) is 5.32 Å². The van der Waals surface area contributed by atoms with Gasteiger partial charge in [-0.3, -0.25) is 5.32 Å². The Morgan fingerprint density at radius 1 is 1.28 bits per heavy atom. The predicted octanol–water partition coefficient (Wildman–Crippen LogP) is -0.115. The van der Waals surface area contributed by atoms with Crippen LogP contribution in [0.25, 0.3) is 0 Å². The van der Waals surface area contributed by atoms with Gasteiger partial charge < -0.3 is 19.0 Å². The molecule has 0 rings (SSSR count). The minimum absolute atomic E-state index is 0.0301. The van der Waals surface area contributed by atoms with Gasteiger partial charge in [-0.1, -0.05) is 6.92 Å². The average molecular weight is 285 g/mol. The Labute approximate surface area is 108 Å². The highest BCUT2D eigenvalue weighted by molar-refractivity contribution is 6.62. The van der Waals surface area contributed by atoms with Gasteiger partial charge in [0.2, 0.25) is 0 Å². The van der Waals surface area contributed by atoms with Crippen molar-refractivity contribution in [2.24, 2.45) is 5.73 Å². The Morgan fingerprint density at radius 2 is 1.61 bits per heavy atom. The number of hydrogen-bond donors (Lipinski definition) is 5. The maximum atomic E-state index is 7.11. The molecule has 0 spiro atoms. The predicted molar refractivity (Wildman–Crippen MR) is 64.2 cm³/mol. The van der Waals surface area contributed by atoms with Gasteiger partial charge in [0, 0.05) is 26.9 Å². The molecule has 0 saturated heterocycles. The van der Waals surface area contributed by atoms with E-state index >= 15 is 0 Å². The lowest BCUT2D eigenvalue weighted by Gasteiger charge is -2.33. The Kier molecular flexibility index (Phi) is 11.0. The van der Waals surface area contributed by atoms with Crippen molar-refractivity contribution in [3.8, 4) is 0 Å². The largest absolute Gasteiger partial charge is 0.518 e. The molecule has 0 aliphatic heterocycles. The van der Waals surface area contributed by atoms with Crippen molar-refractivity contribution in [2.75, 3.05) is 21.3 Å². The van der Waals surface area contributed by atoms with Gasteiger partial charge in [0.05, 0.1) is 11.8 Å². The van der Waals surface area contributed by atoms with E-state index in [1.54, 1.807) is 21.3 Å². The molecule has 6 N–H and O–H groups in total. The van der Waals surface area contributed by atoms with E-state index in [-0.39, 0.29) is 11.8 Å². The lowest BCUT2D eigenvalue weighted by molar-refractivity contribution is -1.01. The van der Waals surface area contributed by atoms with Crippen LogP contribution in [-0.2, 0) is 13.3 Å². The molecule has 0 aromatic rings. The summed E-state index contributed by atoms with van der Waals surface area (Å²) in [6, 6.07) is 0. The molecule has 0 radical (unpaired) electrons. The summed E-state index contributed by atoms with van der Waals surface area (Å²) in [6.07, 6.45) is 0.746. The summed E-state index contributed by atoms with van der Waals surface area (Å²) in [5, 5.41) is 16.7. The summed E-state index contributed by atoms with van der Waals surface area (Å²) in [5.41, 5.74) is 11.2. The average Bonchev–Trinajstić information content (AvgIpc) is 2.29. The number of nitrogens with one attached hydrogen (secondary N) is 2. The molecule has 110 valence electrons. The number of nitrogens with zero attached hydrogens (tertiary/aromatic N) is 1. The van der Waals surface area contributed by atoms with E-state index in [9.17, 15) is 0 Å². The molecule has 0 aliphatic rings. The van der Waals surface area contributed by atoms with E-state index in [1.165, 1.54) is 0 Å². The summed E-state index contributed by atoms with van der Waals surface area (Å²) in [5.74, 6) is 0. The first kappa shape index (κ1) is 19.6. The van der Waals surface area contributed by atoms with Crippen LogP contribution in [0.1, 0.15) is 20.3 Å². The van der Waals surface area contributed by atoms with Crippen LogP contribution >= 0.6 is 0 Å². The van der Waals surface area contributed by atoms with Crippen LogP contribution in [0.5, 0.6) is 0 Å². The molecule has 0 aliphatic carbocycles. The normalized spacial score (nSPS) is 14.3.